The minimum atomic E-state index is 0.0337. The number of benzene rings is 1. The summed E-state index contributed by atoms with van der Waals surface area (Å²) >= 11 is 0. The van der Waals surface area contributed by atoms with Crippen LogP contribution in [0.15, 0.2) is 42.5 Å². The first-order valence-electron chi connectivity index (χ1n) is 6.88. The van der Waals surface area contributed by atoms with E-state index in [0.717, 1.165) is 22.6 Å². The van der Waals surface area contributed by atoms with E-state index < -0.39 is 0 Å². The molecule has 2 aromatic heterocycles. The third kappa shape index (κ3) is 2.20. The highest BCUT2D eigenvalue weighted by molar-refractivity contribution is 5.64. The number of hydrogen-bond donors (Lipinski definition) is 0. The molecule has 3 aromatic rings. The van der Waals surface area contributed by atoms with Crippen LogP contribution in [-0.2, 0) is 5.41 Å². The molecule has 0 saturated heterocycles. The van der Waals surface area contributed by atoms with Crippen LogP contribution in [0.4, 0.5) is 0 Å². The van der Waals surface area contributed by atoms with Crippen LogP contribution < -0.4 is 0 Å². The zero-order valence-corrected chi connectivity index (χ0v) is 12.4. The fraction of sp³-hybridized carbons (Fsp3) is 0.294. The van der Waals surface area contributed by atoms with Gasteiger partial charge in [0.05, 0.1) is 11.4 Å². The summed E-state index contributed by atoms with van der Waals surface area (Å²) in [6.45, 7) is 8.63. The summed E-state index contributed by atoms with van der Waals surface area (Å²) in [5.74, 6) is 0. The quantitative estimate of drug-likeness (QED) is 0.665. The summed E-state index contributed by atoms with van der Waals surface area (Å²) in [6.07, 6.45) is 0. The molecule has 0 fully saturated rings. The maximum Gasteiger partial charge on any atom is 0.156 e. The zero-order chi connectivity index (χ0) is 14.3. The van der Waals surface area contributed by atoms with Crippen LogP contribution in [0, 0.1) is 6.92 Å². The molecule has 0 atom stereocenters. The molecule has 3 heteroatoms. The van der Waals surface area contributed by atoms with Gasteiger partial charge in [-0.1, -0.05) is 51.1 Å². The average Bonchev–Trinajstić information content (AvgIpc) is 2.81. The van der Waals surface area contributed by atoms with E-state index in [-0.39, 0.29) is 5.41 Å². The van der Waals surface area contributed by atoms with Crippen molar-refractivity contribution in [1.82, 2.24) is 14.6 Å². The van der Waals surface area contributed by atoms with Crippen molar-refractivity contribution >= 4 is 5.65 Å². The molecule has 0 aliphatic carbocycles. The fourth-order valence-corrected chi connectivity index (χ4v) is 2.38. The van der Waals surface area contributed by atoms with Crippen LogP contribution in [0.2, 0.25) is 0 Å². The van der Waals surface area contributed by atoms with Gasteiger partial charge in [0.25, 0.3) is 0 Å². The largest absolute Gasteiger partial charge is 0.234 e. The van der Waals surface area contributed by atoms with Crippen LogP contribution in [0.3, 0.4) is 0 Å². The van der Waals surface area contributed by atoms with Crippen molar-refractivity contribution in [1.29, 1.82) is 0 Å². The molecule has 0 amide bonds. The zero-order valence-electron chi connectivity index (χ0n) is 12.4. The molecular formula is C17H19N3. The van der Waals surface area contributed by atoms with E-state index in [9.17, 15) is 0 Å². The van der Waals surface area contributed by atoms with Gasteiger partial charge >= 0.3 is 0 Å². The first kappa shape index (κ1) is 12.9. The molecule has 0 unspecified atom stereocenters. The van der Waals surface area contributed by atoms with E-state index in [1.54, 1.807) is 0 Å². The summed E-state index contributed by atoms with van der Waals surface area (Å²) in [5, 5.41) is 4.74. The molecule has 20 heavy (non-hydrogen) atoms. The number of fused-ring (bicyclic) bond motifs is 1. The summed E-state index contributed by atoms with van der Waals surface area (Å²) < 4.78 is 1.97. The van der Waals surface area contributed by atoms with Crippen molar-refractivity contribution in [3.8, 4) is 11.3 Å². The molecule has 0 aliphatic heterocycles. The van der Waals surface area contributed by atoms with Gasteiger partial charge in [-0.05, 0) is 13.0 Å². The molecule has 0 N–H and O–H groups in total. The Kier molecular flexibility index (Phi) is 2.85. The van der Waals surface area contributed by atoms with E-state index in [1.165, 1.54) is 5.69 Å². The molecule has 1 aromatic carbocycles. The topological polar surface area (TPSA) is 30.2 Å². The van der Waals surface area contributed by atoms with Crippen molar-refractivity contribution in [2.75, 3.05) is 0 Å². The number of hydrogen-bond acceptors (Lipinski definition) is 2. The molecule has 0 aliphatic rings. The molecular weight excluding hydrogens is 246 g/mol. The van der Waals surface area contributed by atoms with Gasteiger partial charge in [0.15, 0.2) is 5.65 Å². The highest BCUT2D eigenvalue weighted by Gasteiger charge is 2.20. The Morgan fingerprint density at radius 1 is 1.00 bits per heavy atom. The molecule has 0 spiro atoms. The van der Waals surface area contributed by atoms with E-state index >= 15 is 0 Å². The van der Waals surface area contributed by atoms with Gasteiger partial charge in [-0.2, -0.15) is 5.10 Å². The molecule has 3 rings (SSSR count). The second-order valence-electron chi connectivity index (χ2n) is 6.20. The Labute approximate surface area is 119 Å². The summed E-state index contributed by atoms with van der Waals surface area (Å²) in [6, 6.07) is 14.4. The minimum Gasteiger partial charge on any atom is -0.234 e. The summed E-state index contributed by atoms with van der Waals surface area (Å²) in [4.78, 5) is 4.60. The highest BCUT2D eigenvalue weighted by Crippen LogP contribution is 2.26. The third-order valence-electron chi connectivity index (χ3n) is 3.39. The Balaban J connectivity index is 2.26. The first-order valence-corrected chi connectivity index (χ1v) is 6.88. The lowest BCUT2D eigenvalue weighted by Gasteiger charge is -2.20. The summed E-state index contributed by atoms with van der Waals surface area (Å²) in [7, 11) is 0. The fourth-order valence-electron chi connectivity index (χ4n) is 2.38. The van der Waals surface area contributed by atoms with Crippen LogP contribution in [0.5, 0.6) is 0 Å². The monoisotopic (exact) mass is 265 g/mol. The Bertz CT molecular complexity index is 749. The van der Waals surface area contributed by atoms with Gasteiger partial charge in [0.2, 0.25) is 0 Å². The van der Waals surface area contributed by atoms with E-state index in [1.807, 2.05) is 29.6 Å². The minimum absolute atomic E-state index is 0.0337. The second kappa shape index (κ2) is 4.44. The van der Waals surface area contributed by atoms with Gasteiger partial charge in [-0.25, -0.2) is 9.50 Å². The highest BCUT2D eigenvalue weighted by atomic mass is 15.3. The maximum atomic E-state index is 4.74. The van der Waals surface area contributed by atoms with Crippen molar-refractivity contribution in [2.24, 2.45) is 0 Å². The predicted molar refractivity (Wildman–Crippen MR) is 81.9 cm³/mol. The van der Waals surface area contributed by atoms with Crippen molar-refractivity contribution < 1.29 is 0 Å². The number of aryl methyl sites for hydroxylation is 1. The predicted octanol–water partition coefficient (Wildman–Crippen LogP) is 4.00. The smallest absolute Gasteiger partial charge is 0.156 e. The molecule has 0 bridgehead atoms. The van der Waals surface area contributed by atoms with Crippen LogP contribution >= 0.6 is 0 Å². The number of nitrogens with zero attached hydrogens (tertiary/aromatic N) is 3. The van der Waals surface area contributed by atoms with E-state index in [2.05, 4.69) is 50.0 Å². The lowest BCUT2D eigenvalue weighted by atomic mass is 9.91. The molecule has 3 nitrogen and oxygen atoms in total. The lowest BCUT2D eigenvalue weighted by molar-refractivity contribution is 0.546. The Morgan fingerprint density at radius 3 is 2.35 bits per heavy atom. The van der Waals surface area contributed by atoms with Crippen LogP contribution in [-0.4, -0.2) is 14.6 Å². The molecule has 0 saturated carbocycles. The molecule has 2 heterocycles. The van der Waals surface area contributed by atoms with Gasteiger partial charge < -0.3 is 0 Å². The first-order chi connectivity index (χ1) is 9.45. The Morgan fingerprint density at radius 2 is 1.70 bits per heavy atom. The van der Waals surface area contributed by atoms with E-state index in [0.29, 0.717) is 0 Å². The van der Waals surface area contributed by atoms with E-state index in [4.69, 9.17) is 5.10 Å². The number of rotatable bonds is 1. The Hall–Kier alpha value is -2.16. The SMILES string of the molecule is Cc1cc(C(C)(C)C)n2nc(-c3ccccc3)cc2n1. The van der Waals surface area contributed by atoms with Crippen molar-refractivity contribution in [3.63, 3.8) is 0 Å². The van der Waals surface area contributed by atoms with Gasteiger partial charge in [0.1, 0.15) is 0 Å². The van der Waals surface area contributed by atoms with Crippen LogP contribution in [0.1, 0.15) is 32.2 Å². The molecule has 0 radical (unpaired) electrons. The van der Waals surface area contributed by atoms with Gasteiger partial charge in [-0.3, -0.25) is 0 Å². The van der Waals surface area contributed by atoms with Gasteiger partial charge in [0, 0.05) is 22.7 Å². The van der Waals surface area contributed by atoms with Gasteiger partial charge in [-0.15, -0.1) is 0 Å². The van der Waals surface area contributed by atoms with Crippen molar-refractivity contribution in [3.05, 3.63) is 53.9 Å². The third-order valence-corrected chi connectivity index (χ3v) is 3.39. The summed E-state index contributed by atoms with van der Waals surface area (Å²) in [5.41, 5.74) is 5.24. The maximum absolute atomic E-state index is 4.74. The standard InChI is InChI=1S/C17H19N3/c1-12-10-15(17(2,3)4)20-16(18-12)11-14(19-20)13-8-6-5-7-9-13/h5-11H,1-4H3. The molecule has 102 valence electrons. The van der Waals surface area contributed by atoms with Crippen LogP contribution in [0.25, 0.3) is 16.9 Å². The number of aromatic nitrogens is 3. The average molecular weight is 265 g/mol. The lowest BCUT2D eigenvalue weighted by Crippen LogP contribution is -2.18. The van der Waals surface area contributed by atoms with Crippen molar-refractivity contribution in [2.45, 2.75) is 33.1 Å². The second-order valence-corrected chi connectivity index (χ2v) is 6.20. The normalized spacial score (nSPS) is 12.0.